The minimum atomic E-state index is -0.997. The maximum Gasteiger partial charge on any atom is 0.249 e. The minimum absolute atomic E-state index is 0.0283. The summed E-state index contributed by atoms with van der Waals surface area (Å²) in [7, 11) is 0. The number of thioether (sulfide) groups is 1. The summed E-state index contributed by atoms with van der Waals surface area (Å²) in [5.41, 5.74) is -0.307. The van der Waals surface area contributed by atoms with E-state index >= 15 is 0 Å². The van der Waals surface area contributed by atoms with Crippen molar-refractivity contribution in [2.75, 3.05) is 12.4 Å². The van der Waals surface area contributed by atoms with Crippen molar-refractivity contribution in [3.8, 4) is 0 Å². The topological polar surface area (TPSA) is 133 Å². The highest BCUT2D eigenvalue weighted by Crippen LogP contribution is 2.32. The maximum atomic E-state index is 13.1. The van der Waals surface area contributed by atoms with Crippen LogP contribution in [0.5, 0.6) is 0 Å². The van der Waals surface area contributed by atoms with Crippen molar-refractivity contribution in [3.63, 3.8) is 0 Å². The number of aromatic nitrogens is 1. The highest BCUT2D eigenvalue weighted by atomic mass is 32.2. The van der Waals surface area contributed by atoms with Gasteiger partial charge in [0.1, 0.15) is 27.3 Å². The lowest BCUT2D eigenvalue weighted by molar-refractivity contribution is -0.132. The number of aliphatic hydroxyl groups is 1. The number of thiazole rings is 1. The van der Waals surface area contributed by atoms with E-state index in [0.717, 1.165) is 5.01 Å². The summed E-state index contributed by atoms with van der Waals surface area (Å²) in [6.45, 7) is 5.70. The first-order chi connectivity index (χ1) is 15.2. The van der Waals surface area contributed by atoms with Crippen LogP contribution in [0.25, 0.3) is 0 Å². The number of hydrogen-bond acceptors (Lipinski definition) is 8. The van der Waals surface area contributed by atoms with Crippen LogP contribution < -0.4 is 16.0 Å². The van der Waals surface area contributed by atoms with Crippen molar-refractivity contribution in [1.29, 1.82) is 0 Å². The molecule has 9 nitrogen and oxygen atoms in total. The van der Waals surface area contributed by atoms with Gasteiger partial charge in [-0.05, 0) is 19.3 Å². The van der Waals surface area contributed by atoms with Gasteiger partial charge in [0, 0.05) is 17.7 Å². The smallest absolute Gasteiger partial charge is 0.249 e. The van der Waals surface area contributed by atoms with E-state index in [1.54, 1.807) is 19.1 Å². The zero-order valence-electron chi connectivity index (χ0n) is 18.4. The van der Waals surface area contributed by atoms with E-state index in [-0.39, 0.29) is 43.2 Å². The summed E-state index contributed by atoms with van der Waals surface area (Å²) in [4.78, 5) is 47.9. The molecule has 0 saturated carbocycles. The third-order valence-electron chi connectivity index (χ3n) is 5.17. The normalized spacial score (nSPS) is 27.3. The van der Waals surface area contributed by atoms with Crippen molar-refractivity contribution >= 4 is 45.9 Å². The lowest BCUT2D eigenvalue weighted by Crippen LogP contribution is -2.56. The van der Waals surface area contributed by atoms with Gasteiger partial charge in [0.25, 0.3) is 0 Å². The summed E-state index contributed by atoms with van der Waals surface area (Å²) in [6.07, 6.45) is 3.87. The predicted molar refractivity (Wildman–Crippen MR) is 126 cm³/mol. The second-order valence-corrected chi connectivity index (χ2v) is 10.2. The van der Waals surface area contributed by atoms with Crippen molar-refractivity contribution < 1.29 is 19.5 Å². The van der Waals surface area contributed by atoms with Crippen LogP contribution in [0, 0.1) is 5.92 Å². The number of rotatable bonds is 4. The third kappa shape index (κ3) is 5.96. The molecule has 0 unspecified atom stereocenters. The molecule has 32 heavy (non-hydrogen) atoms. The Bertz CT molecular complexity index is 929. The average Bonchev–Trinajstić information content (AvgIpc) is 3.37. The Morgan fingerprint density at radius 3 is 2.81 bits per heavy atom. The van der Waals surface area contributed by atoms with Crippen molar-refractivity contribution in [2.24, 2.45) is 10.9 Å². The molecule has 4 bridgehead atoms. The summed E-state index contributed by atoms with van der Waals surface area (Å²) >= 11 is 2.88. The van der Waals surface area contributed by atoms with Crippen LogP contribution in [-0.4, -0.2) is 62.8 Å². The van der Waals surface area contributed by atoms with Gasteiger partial charge in [0.15, 0.2) is 0 Å². The number of carbonyl (C=O) groups excluding carboxylic acids is 3. The molecule has 0 fully saturated rings. The Labute approximate surface area is 195 Å². The van der Waals surface area contributed by atoms with Gasteiger partial charge >= 0.3 is 0 Å². The van der Waals surface area contributed by atoms with Gasteiger partial charge in [-0.3, -0.25) is 19.4 Å². The molecule has 3 rings (SSSR count). The van der Waals surface area contributed by atoms with Crippen LogP contribution in [0.1, 0.15) is 44.3 Å². The maximum absolute atomic E-state index is 13.1. The molecule has 2 aliphatic rings. The number of aliphatic imine (C=N–C) groups is 1. The van der Waals surface area contributed by atoms with Crippen LogP contribution in [0.2, 0.25) is 0 Å². The minimum Gasteiger partial charge on any atom is -0.396 e. The van der Waals surface area contributed by atoms with Gasteiger partial charge in [-0.25, -0.2) is 4.98 Å². The highest BCUT2D eigenvalue weighted by Gasteiger charge is 2.41. The van der Waals surface area contributed by atoms with E-state index in [4.69, 9.17) is 5.11 Å². The SMILES string of the molecule is CC(C)[C@@H]1NC(=O)[C@]2(C)CSC(=N2)c2csc(n2)CNC(=O)C[C@@H](/C=C/CCO)NC1=O. The third-order valence-corrected chi connectivity index (χ3v) is 7.30. The Morgan fingerprint density at radius 2 is 2.09 bits per heavy atom. The van der Waals surface area contributed by atoms with E-state index < -0.39 is 17.6 Å². The zero-order chi connectivity index (χ0) is 23.3. The number of hydrogen-bond donors (Lipinski definition) is 4. The predicted octanol–water partition coefficient (Wildman–Crippen LogP) is 0.979. The van der Waals surface area contributed by atoms with E-state index in [0.29, 0.717) is 22.9 Å². The Balaban J connectivity index is 1.92. The largest absolute Gasteiger partial charge is 0.396 e. The summed E-state index contributed by atoms with van der Waals surface area (Å²) in [5, 5.41) is 20.9. The van der Waals surface area contributed by atoms with Crippen molar-refractivity contribution in [3.05, 3.63) is 28.2 Å². The number of nitrogens with zero attached hydrogens (tertiary/aromatic N) is 2. The summed E-state index contributed by atoms with van der Waals surface area (Å²) < 4.78 is 0. The fourth-order valence-electron chi connectivity index (χ4n) is 3.29. The molecule has 174 valence electrons. The number of aliphatic hydroxyl groups excluding tert-OH is 1. The molecular weight excluding hydrogens is 450 g/mol. The van der Waals surface area contributed by atoms with Crippen LogP contribution in [-0.2, 0) is 20.9 Å². The standard InChI is InChI=1S/C21H29N5O4S2/c1-12(2)17-18(29)23-13(6-4-5-7-27)8-15(28)22-9-16-24-14(10-31-16)19-26-21(3,11-32-19)20(30)25-17/h4,6,10,12-13,17,27H,5,7-9,11H2,1-3H3,(H,22,28)(H,23,29)(H,25,30)/b6-4+/t13-,17+,21+/m1/s1. The van der Waals surface area contributed by atoms with Crippen molar-refractivity contribution in [1.82, 2.24) is 20.9 Å². The highest BCUT2D eigenvalue weighted by molar-refractivity contribution is 8.14. The van der Waals surface area contributed by atoms with Gasteiger partial charge in [0.05, 0.1) is 19.0 Å². The number of fused-ring (bicyclic) bond motifs is 4. The molecule has 4 N–H and O–H groups in total. The molecule has 0 aliphatic carbocycles. The first-order valence-electron chi connectivity index (χ1n) is 10.5. The average molecular weight is 480 g/mol. The second-order valence-electron chi connectivity index (χ2n) is 8.34. The summed E-state index contributed by atoms with van der Waals surface area (Å²) in [5.74, 6) is -0.639. The second kappa shape index (κ2) is 10.6. The van der Waals surface area contributed by atoms with Crippen LogP contribution >= 0.6 is 23.1 Å². The van der Waals surface area contributed by atoms with Crippen LogP contribution in [0.15, 0.2) is 22.5 Å². The van der Waals surface area contributed by atoms with E-state index in [9.17, 15) is 14.4 Å². The molecule has 11 heteroatoms. The quantitative estimate of drug-likeness (QED) is 0.476. The fraction of sp³-hybridized carbons (Fsp3) is 0.571. The number of nitrogens with one attached hydrogen (secondary N) is 3. The lowest BCUT2D eigenvalue weighted by atomic mass is 9.99. The number of amides is 3. The Hall–Kier alpha value is -2.24. The van der Waals surface area contributed by atoms with Crippen LogP contribution in [0.3, 0.4) is 0 Å². The molecular formula is C21H29N5O4S2. The van der Waals surface area contributed by atoms with Crippen molar-refractivity contribution in [2.45, 2.75) is 57.8 Å². The van der Waals surface area contributed by atoms with Gasteiger partial charge in [-0.1, -0.05) is 26.0 Å². The summed E-state index contributed by atoms with van der Waals surface area (Å²) in [6, 6.07) is -1.35. The van der Waals surface area contributed by atoms with Gasteiger partial charge in [0.2, 0.25) is 17.7 Å². The Morgan fingerprint density at radius 1 is 1.31 bits per heavy atom. The molecule has 1 aromatic rings. The fourth-order valence-corrected chi connectivity index (χ4v) is 5.21. The van der Waals surface area contributed by atoms with Gasteiger partial charge < -0.3 is 21.1 Å². The van der Waals surface area contributed by atoms with Gasteiger partial charge in [-0.15, -0.1) is 23.1 Å². The number of carbonyl (C=O) groups is 3. The molecule has 0 saturated heterocycles. The molecule has 0 radical (unpaired) electrons. The molecule has 3 amide bonds. The van der Waals surface area contributed by atoms with E-state index in [1.165, 1.54) is 23.1 Å². The molecule has 2 aliphatic heterocycles. The first kappa shape index (κ1) is 24.4. The molecule has 0 aromatic carbocycles. The van der Waals surface area contributed by atoms with Crippen LogP contribution in [0.4, 0.5) is 0 Å². The Kier molecular flexibility index (Phi) is 8.07. The van der Waals surface area contributed by atoms with E-state index in [2.05, 4.69) is 25.9 Å². The van der Waals surface area contributed by atoms with E-state index in [1.807, 2.05) is 19.2 Å². The lowest BCUT2D eigenvalue weighted by Gasteiger charge is -2.27. The van der Waals surface area contributed by atoms with Gasteiger partial charge in [-0.2, -0.15) is 0 Å². The molecule has 3 atom stereocenters. The molecule has 0 spiro atoms. The monoisotopic (exact) mass is 479 g/mol. The zero-order valence-corrected chi connectivity index (χ0v) is 20.0. The first-order valence-corrected chi connectivity index (χ1v) is 12.4. The molecule has 3 heterocycles. The molecule has 1 aromatic heterocycles.